The van der Waals surface area contributed by atoms with Crippen LogP contribution in [-0.4, -0.2) is 29.8 Å². The number of esters is 2. The number of hydrogen-bond donors (Lipinski definition) is 1. The first-order valence-electron chi connectivity index (χ1n) is 4.88. The first-order chi connectivity index (χ1) is 7.10. The Labute approximate surface area is 87.7 Å². The fraction of sp³-hybridized carbons (Fsp3) is 0.600. The van der Waals surface area contributed by atoms with Crippen LogP contribution in [-0.2, 0) is 19.1 Å². The van der Waals surface area contributed by atoms with Gasteiger partial charge in [0, 0.05) is 5.57 Å². The molecule has 0 saturated heterocycles. The molecule has 84 valence electrons. The van der Waals surface area contributed by atoms with Crippen molar-refractivity contribution in [2.24, 2.45) is 0 Å². The minimum atomic E-state index is -0.763. The molecule has 15 heavy (non-hydrogen) atoms. The van der Waals surface area contributed by atoms with Crippen molar-refractivity contribution in [2.75, 3.05) is 6.61 Å². The number of ether oxygens (including phenoxy) is 2. The summed E-state index contributed by atoms with van der Waals surface area (Å²) in [5.74, 6) is -1.57. The van der Waals surface area contributed by atoms with Gasteiger partial charge in [-0.2, -0.15) is 0 Å². The zero-order valence-corrected chi connectivity index (χ0v) is 8.78. The lowest BCUT2D eigenvalue weighted by atomic mass is 10.1. The lowest BCUT2D eigenvalue weighted by molar-refractivity contribution is -0.149. The highest BCUT2D eigenvalue weighted by Gasteiger charge is 2.34. The first-order valence-corrected chi connectivity index (χ1v) is 4.88. The number of cyclic esters (lactones) is 1. The molecule has 5 heteroatoms. The summed E-state index contributed by atoms with van der Waals surface area (Å²) in [6.45, 7) is 3.77. The zero-order chi connectivity index (χ0) is 11.4. The highest BCUT2D eigenvalue weighted by atomic mass is 16.6. The number of carbonyl (C=O) groups is 2. The fourth-order valence-electron chi connectivity index (χ4n) is 1.47. The average molecular weight is 214 g/mol. The minimum Gasteiger partial charge on any atom is -0.502 e. The number of aliphatic hydroxyl groups excluding tert-OH is 1. The van der Waals surface area contributed by atoms with Gasteiger partial charge in [0.05, 0.1) is 13.0 Å². The highest BCUT2D eigenvalue weighted by molar-refractivity contribution is 5.90. The van der Waals surface area contributed by atoms with Crippen LogP contribution in [0.5, 0.6) is 0 Å². The Kier molecular flexibility index (Phi) is 3.71. The summed E-state index contributed by atoms with van der Waals surface area (Å²) >= 11 is 0. The molecule has 1 unspecified atom stereocenters. The van der Waals surface area contributed by atoms with Gasteiger partial charge in [-0.1, -0.05) is 6.92 Å². The summed E-state index contributed by atoms with van der Waals surface area (Å²) in [6.07, 6.45) is -0.226. The Morgan fingerprint density at radius 3 is 2.73 bits per heavy atom. The van der Waals surface area contributed by atoms with Gasteiger partial charge in [0.15, 0.2) is 0 Å². The molecule has 0 spiro atoms. The average Bonchev–Trinajstić information content (AvgIpc) is 2.42. The number of hydrogen-bond acceptors (Lipinski definition) is 5. The lowest BCUT2D eigenvalue weighted by Crippen LogP contribution is -2.18. The fourth-order valence-corrected chi connectivity index (χ4v) is 1.47. The maximum absolute atomic E-state index is 11.2. The van der Waals surface area contributed by atoms with Gasteiger partial charge in [-0.05, 0) is 13.3 Å². The molecular formula is C10H14O5. The van der Waals surface area contributed by atoms with Crippen LogP contribution in [0, 0.1) is 0 Å². The van der Waals surface area contributed by atoms with Gasteiger partial charge in [-0.3, -0.25) is 4.79 Å². The molecule has 1 atom stereocenters. The predicted octanol–water partition coefficient (Wildman–Crippen LogP) is 1.09. The minimum absolute atomic E-state index is 0.0349. The largest absolute Gasteiger partial charge is 0.502 e. The van der Waals surface area contributed by atoms with Crippen molar-refractivity contribution in [1.82, 2.24) is 0 Å². The van der Waals surface area contributed by atoms with Gasteiger partial charge < -0.3 is 14.6 Å². The van der Waals surface area contributed by atoms with E-state index in [1.165, 1.54) is 0 Å². The molecule has 0 radical (unpaired) electrons. The van der Waals surface area contributed by atoms with Crippen LogP contribution in [0.3, 0.4) is 0 Å². The normalized spacial score (nSPS) is 20.4. The quantitative estimate of drug-likeness (QED) is 0.709. The van der Waals surface area contributed by atoms with Crippen LogP contribution in [0.15, 0.2) is 11.3 Å². The van der Waals surface area contributed by atoms with Crippen molar-refractivity contribution in [2.45, 2.75) is 32.8 Å². The summed E-state index contributed by atoms with van der Waals surface area (Å²) in [5, 5.41) is 9.32. The molecule has 0 saturated carbocycles. The highest BCUT2D eigenvalue weighted by Crippen LogP contribution is 2.26. The number of carbonyl (C=O) groups excluding carboxylic acids is 2. The van der Waals surface area contributed by atoms with Gasteiger partial charge >= 0.3 is 11.9 Å². The third kappa shape index (κ3) is 2.49. The Morgan fingerprint density at radius 2 is 2.20 bits per heavy atom. The molecule has 0 bridgehead atoms. The summed E-state index contributed by atoms with van der Waals surface area (Å²) < 4.78 is 9.56. The van der Waals surface area contributed by atoms with Crippen LogP contribution < -0.4 is 0 Å². The second-order valence-electron chi connectivity index (χ2n) is 3.13. The van der Waals surface area contributed by atoms with E-state index in [1.807, 2.05) is 0 Å². The van der Waals surface area contributed by atoms with E-state index in [-0.39, 0.29) is 18.8 Å². The molecule has 0 aromatic rings. The Hall–Kier alpha value is -1.52. The van der Waals surface area contributed by atoms with E-state index in [1.54, 1.807) is 13.8 Å². The van der Waals surface area contributed by atoms with Crippen molar-refractivity contribution < 1.29 is 24.2 Å². The second kappa shape index (κ2) is 4.82. The summed E-state index contributed by atoms with van der Waals surface area (Å²) in [6, 6.07) is 0. The molecule has 0 aromatic carbocycles. The van der Waals surface area contributed by atoms with Crippen molar-refractivity contribution in [3.8, 4) is 0 Å². The molecule has 1 aliphatic heterocycles. The Bertz CT molecular complexity index is 305. The van der Waals surface area contributed by atoms with Crippen LogP contribution >= 0.6 is 0 Å². The molecule has 0 aliphatic carbocycles. The van der Waals surface area contributed by atoms with E-state index in [0.29, 0.717) is 12.0 Å². The molecule has 1 heterocycles. The molecular weight excluding hydrogens is 200 g/mol. The van der Waals surface area contributed by atoms with Crippen LogP contribution in [0.4, 0.5) is 0 Å². The lowest BCUT2D eigenvalue weighted by Gasteiger charge is -2.11. The summed E-state index contributed by atoms with van der Waals surface area (Å²) in [7, 11) is 0. The van der Waals surface area contributed by atoms with Crippen molar-refractivity contribution in [1.29, 1.82) is 0 Å². The van der Waals surface area contributed by atoms with Crippen LogP contribution in [0.25, 0.3) is 0 Å². The SMILES string of the molecule is CCOC(=O)CC1OC(=O)C(O)=C1CC. The molecule has 5 nitrogen and oxygen atoms in total. The third-order valence-electron chi connectivity index (χ3n) is 2.17. The molecule has 0 fully saturated rings. The first kappa shape index (κ1) is 11.6. The molecule has 0 aromatic heterocycles. The van der Waals surface area contributed by atoms with E-state index >= 15 is 0 Å². The van der Waals surface area contributed by atoms with Crippen molar-refractivity contribution in [3.05, 3.63) is 11.3 Å². The van der Waals surface area contributed by atoms with Gasteiger partial charge in [0.2, 0.25) is 5.76 Å². The maximum atomic E-state index is 11.2. The monoisotopic (exact) mass is 214 g/mol. The third-order valence-corrected chi connectivity index (χ3v) is 2.17. The van der Waals surface area contributed by atoms with E-state index in [0.717, 1.165) is 0 Å². The molecule has 0 amide bonds. The number of aliphatic hydroxyl groups is 1. The summed E-state index contributed by atoms with van der Waals surface area (Å²) in [4.78, 5) is 22.2. The predicted molar refractivity (Wildman–Crippen MR) is 51.1 cm³/mol. The van der Waals surface area contributed by atoms with E-state index < -0.39 is 18.0 Å². The Balaban J connectivity index is 2.65. The van der Waals surface area contributed by atoms with Gasteiger partial charge in [-0.25, -0.2) is 4.79 Å². The van der Waals surface area contributed by atoms with E-state index in [9.17, 15) is 14.7 Å². The van der Waals surface area contributed by atoms with Crippen molar-refractivity contribution >= 4 is 11.9 Å². The molecule has 1 rings (SSSR count). The van der Waals surface area contributed by atoms with Gasteiger partial charge in [0.1, 0.15) is 6.10 Å². The van der Waals surface area contributed by atoms with E-state index in [2.05, 4.69) is 0 Å². The smallest absolute Gasteiger partial charge is 0.374 e. The standard InChI is InChI=1S/C10H14O5/c1-3-6-7(5-8(11)14-4-2)15-10(13)9(6)12/h7,12H,3-5H2,1-2H3. The van der Waals surface area contributed by atoms with Crippen LogP contribution in [0.1, 0.15) is 26.7 Å². The molecule has 1 aliphatic rings. The maximum Gasteiger partial charge on any atom is 0.374 e. The Morgan fingerprint density at radius 1 is 1.53 bits per heavy atom. The second-order valence-corrected chi connectivity index (χ2v) is 3.13. The number of rotatable bonds is 4. The molecule has 1 N–H and O–H groups in total. The van der Waals surface area contributed by atoms with E-state index in [4.69, 9.17) is 9.47 Å². The van der Waals surface area contributed by atoms with Crippen molar-refractivity contribution in [3.63, 3.8) is 0 Å². The van der Waals surface area contributed by atoms with Gasteiger partial charge in [-0.15, -0.1) is 0 Å². The topological polar surface area (TPSA) is 72.8 Å². The summed E-state index contributed by atoms with van der Waals surface area (Å²) in [5.41, 5.74) is 0.466. The zero-order valence-electron chi connectivity index (χ0n) is 8.78. The van der Waals surface area contributed by atoms with Gasteiger partial charge in [0.25, 0.3) is 0 Å². The van der Waals surface area contributed by atoms with Crippen LogP contribution in [0.2, 0.25) is 0 Å².